The lowest BCUT2D eigenvalue weighted by Crippen LogP contribution is -2.47. The Bertz CT molecular complexity index is 588. The number of guanidine groups is 1. The number of methoxy groups -OCH3 is 3. The molecule has 1 atom stereocenters. The summed E-state index contributed by atoms with van der Waals surface area (Å²) in [6.45, 7) is 5.40. The molecule has 7 heteroatoms. The molecule has 7 nitrogen and oxygen atoms in total. The summed E-state index contributed by atoms with van der Waals surface area (Å²) in [5.41, 5.74) is 0.870. The van der Waals surface area contributed by atoms with E-state index in [1.807, 2.05) is 40.1 Å². The van der Waals surface area contributed by atoms with E-state index in [0.717, 1.165) is 23.0 Å². The van der Waals surface area contributed by atoms with E-state index in [1.54, 1.807) is 28.4 Å². The van der Waals surface area contributed by atoms with Crippen molar-refractivity contribution in [2.24, 2.45) is 4.99 Å². The SMILES string of the molecule is CN=C(NCC(c1ccc(OC)c(OC)c1)N(C)C)NCC(C)(C)OC. The van der Waals surface area contributed by atoms with Crippen LogP contribution in [0.2, 0.25) is 0 Å². The fourth-order valence-corrected chi connectivity index (χ4v) is 2.44. The minimum absolute atomic E-state index is 0.142. The minimum Gasteiger partial charge on any atom is -0.493 e. The van der Waals surface area contributed by atoms with Crippen LogP contribution in [0, 0.1) is 0 Å². The van der Waals surface area contributed by atoms with Crippen molar-refractivity contribution in [1.29, 1.82) is 0 Å². The van der Waals surface area contributed by atoms with Crippen molar-refractivity contribution in [2.75, 3.05) is 55.6 Å². The minimum atomic E-state index is -0.262. The molecule has 1 rings (SSSR count). The molecule has 26 heavy (non-hydrogen) atoms. The van der Waals surface area contributed by atoms with Crippen LogP contribution in [0.25, 0.3) is 0 Å². The molecule has 148 valence electrons. The van der Waals surface area contributed by atoms with Crippen molar-refractivity contribution in [3.8, 4) is 11.5 Å². The van der Waals surface area contributed by atoms with Crippen molar-refractivity contribution in [2.45, 2.75) is 25.5 Å². The number of nitrogens with zero attached hydrogens (tertiary/aromatic N) is 2. The fraction of sp³-hybridized carbons (Fsp3) is 0.632. The van der Waals surface area contributed by atoms with Crippen LogP contribution in [0.15, 0.2) is 23.2 Å². The van der Waals surface area contributed by atoms with Gasteiger partial charge in [-0.2, -0.15) is 0 Å². The van der Waals surface area contributed by atoms with Gasteiger partial charge in [0.05, 0.1) is 25.9 Å². The monoisotopic (exact) mass is 366 g/mol. The normalized spacial score (nSPS) is 13.5. The first kappa shape index (κ1) is 22.1. The molecule has 2 N–H and O–H groups in total. The van der Waals surface area contributed by atoms with Gasteiger partial charge < -0.3 is 29.7 Å². The van der Waals surface area contributed by atoms with Gasteiger partial charge in [-0.3, -0.25) is 4.99 Å². The van der Waals surface area contributed by atoms with E-state index in [-0.39, 0.29) is 11.6 Å². The lowest BCUT2D eigenvalue weighted by atomic mass is 10.1. The molecular weight excluding hydrogens is 332 g/mol. The zero-order valence-corrected chi connectivity index (χ0v) is 17.3. The van der Waals surface area contributed by atoms with Crippen LogP contribution in [-0.2, 0) is 4.74 Å². The van der Waals surface area contributed by atoms with E-state index >= 15 is 0 Å². The van der Waals surface area contributed by atoms with Gasteiger partial charge in [-0.1, -0.05) is 6.07 Å². The summed E-state index contributed by atoms with van der Waals surface area (Å²) in [6, 6.07) is 6.13. The number of nitrogens with one attached hydrogen (secondary N) is 2. The third-order valence-electron chi connectivity index (χ3n) is 4.34. The second kappa shape index (κ2) is 10.2. The Labute approximate surface area is 157 Å². The number of hydrogen-bond donors (Lipinski definition) is 2. The molecule has 1 aromatic carbocycles. The highest BCUT2D eigenvalue weighted by Crippen LogP contribution is 2.31. The Kier molecular flexibility index (Phi) is 8.68. The van der Waals surface area contributed by atoms with E-state index in [2.05, 4.69) is 26.6 Å². The van der Waals surface area contributed by atoms with E-state index < -0.39 is 0 Å². The van der Waals surface area contributed by atoms with Crippen LogP contribution in [0.5, 0.6) is 11.5 Å². The van der Waals surface area contributed by atoms with Gasteiger partial charge in [0.25, 0.3) is 0 Å². The van der Waals surface area contributed by atoms with Gasteiger partial charge in [0, 0.05) is 27.2 Å². The standard InChI is InChI=1S/C19H34N4O3/c1-19(2,26-8)13-22-18(20-3)21-12-15(23(4)5)14-9-10-16(24-6)17(11-14)25-7/h9-11,15H,12-13H2,1-8H3,(H2,20,21,22). The molecule has 0 aliphatic heterocycles. The Hall–Kier alpha value is -1.99. The predicted octanol–water partition coefficient (Wildman–Crippen LogP) is 1.90. The second-order valence-electron chi connectivity index (χ2n) is 6.86. The number of likely N-dealkylation sites (N-methyl/N-ethyl adjacent to an activating group) is 1. The van der Waals surface area contributed by atoms with Gasteiger partial charge in [0.2, 0.25) is 0 Å². The number of ether oxygens (including phenoxy) is 3. The third kappa shape index (κ3) is 6.38. The van der Waals surface area contributed by atoms with Gasteiger partial charge in [-0.25, -0.2) is 0 Å². The maximum atomic E-state index is 5.43. The fourth-order valence-electron chi connectivity index (χ4n) is 2.44. The topological polar surface area (TPSA) is 67.4 Å². The smallest absolute Gasteiger partial charge is 0.191 e. The van der Waals surface area contributed by atoms with E-state index in [9.17, 15) is 0 Å². The zero-order valence-electron chi connectivity index (χ0n) is 17.3. The first-order valence-electron chi connectivity index (χ1n) is 8.66. The van der Waals surface area contributed by atoms with Gasteiger partial charge in [-0.05, 0) is 45.6 Å². The van der Waals surface area contributed by atoms with Gasteiger partial charge >= 0.3 is 0 Å². The molecule has 0 bridgehead atoms. The lowest BCUT2D eigenvalue weighted by Gasteiger charge is -2.28. The third-order valence-corrected chi connectivity index (χ3v) is 4.34. The molecule has 0 fully saturated rings. The number of aliphatic imine (C=N–C) groups is 1. The van der Waals surface area contributed by atoms with E-state index in [1.165, 1.54) is 0 Å². The molecule has 0 spiro atoms. The zero-order chi connectivity index (χ0) is 19.7. The van der Waals surface area contributed by atoms with Gasteiger partial charge in [0.15, 0.2) is 17.5 Å². The summed E-state index contributed by atoms with van der Waals surface area (Å²) in [4.78, 5) is 6.44. The summed E-state index contributed by atoms with van der Waals surface area (Å²) >= 11 is 0. The number of rotatable bonds is 9. The molecule has 1 aromatic rings. The molecule has 0 aliphatic carbocycles. The summed E-state index contributed by atoms with van der Waals surface area (Å²) in [7, 11) is 10.8. The predicted molar refractivity (Wildman–Crippen MR) is 106 cm³/mol. The Morgan fingerprint density at radius 1 is 1.12 bits per heavy atom. The van der Waals surface area contributed by atoms with E-state index in [0.29, 0.717) is 13.1 Å². The molecule has 0 aliphatic rings. The molecule has 0 amide bonds. The second-order valence-corrected chi connectivity index (χ2v) is 6.86. The van der Waals surface area contributed by atoms with Crippen LogP contribution in [-0.4, -0.2) is 72.0 Å². The highest BCUT2D eigenvalue weighted by atomic mass is 16.5. The highest BCUT2D eigenvalue weighted by molar-refractivity contribution is 5.79. The quantitative estimate of drug-likeness (QED) is 0.514. The van der Waals surface area contributed by atoms with Crippen LogP contribution in [0.4, 0.5) is 0 Å². The molecule has 1 unspecified atom stereocenters. The number of hydrogen-bond acceptors (Lipinski definition) is 5. The maximum Gasteiger partial charge on any atom is 0.191 e. The maximum absolute atomic E-state index is 5.43. The molecule has 0 aromatic heterocycles. The summed E-state index contributed by atoms with van der Waals surface area (Å²) in [6.07, 6.45) is 0. The van der Waals surface area contributed by atoms with Crippen molar-refractivity contribution >= 4 is 5.96 Å². The molecule has 0 heterocycles. The average molecular weight is 367 g/mol. The first-order chi connectivity index (χ1) is 12.3. The van der Waals surface area contributed by atoms with Gasteiger partial charge in [-0.15, -0.1) is 0 Å². The van der Waals surface area contributed by atoms with Crippen LogP contribution >= 0.6 is 0 Å². The highest BCUT2D eigenvalue weighted by Gasteiger charge is 2.19. The van der Waals surface area contributed by atoms with Crippen molar-refractivity contribution in [3.63, 3.8) is 0 Å². The first-order valence-corrected chi connectivity index (χ1v) is 8.66. The van der Waals surface area contributed by atoms with Crippen molar-refractivity contribution in [3.05, 3.63) is 23.8 Å². The van der Waals surface area contributed by atoms with Crippen LogP contribution < -0.4 is 20.1 Å². The molecule has 0 saturated heterocycles. The van der Waals surface area contributed by atoms with Gasteiger partial charge in [0.1, 0.15) is 0 Å². The summed E-state index contributed by atoms with van der Waals surface area (Å²) < 4.78 is 16.2. The molecule has 0 radical (unpaired) electrons. The Morgan fingerprint density at radius 3 is 2.27 bits per heavy atom. The molecule has 0 saturated carbocycles. The molecular formula is C19H34N4O3. The van der Waals surface area contributed by atoms with E-state index in [4.69, 9.17) is 14.2 Å². The largest absolute Gasteiger partial charge is 0.493 e. The van der Waals surface area contributed by atoms with Crippen molar-refractivity contribution in [1.82, 2.24) is 15.5 Å². The van der Waals surface area contributed by atoms with Crippen molar-refractivity contribution < 1.29 is 14.2 Å². The summed E-state index contributed by atoms with van der Waals surface area (Å²) in [5, 5.41) is 6.68. The Balaban J connectivity index is 2.82. The lowest BCUT2D eigenvalue weighted by molar-refractivity contribution is 0.0268. The van der Waals surface area contributed by atoms with Crippen LogP contribution in [0.3, 0.4) is 0 Å². The summed E-state index contributed by atoms with van der Waals surface area (Å²) in [5.74, 6) is 2.18. The number of benzene rings is 1. The van der Waals surface area contributed by atoms with Crippen LogP contribution in [0.1, 0.15) is 25.5 Å². The average Bonchev–Trinajstić information content (AvgIpc) is 2.63. The Morgan fingerprint density at radius 2 is 1.77 bits per heavy atom.